The molecule has 25 heavy (non-hydrogen) atoms. The van der Waals surface area contributed by atoms with Crippen LogP contribution in [0.3, 0.4) is 0 Å². The summed E-state index contributed by atoms with van der Waals surface area (Å²) in [5, 5.41) is 2.60. The van der Waals surface area contributed by atoms with Crippen LogP contribution in [0.1, 0.15) is 17.4 Å². The smallest absolute Gasteiger partial charge is 0.275 e. The second-order valence-corrected chi connectivity index (χ2v) is 5.30. The number of para-hydroxylation sites is 1. The largest absolute Gasteiger partial charge is 0.325 e. The Labute approximate surface area is 145 Å². The molecule has 0 aliphatic rings. The minimum Gasteiger partial charge on any atom is -0.325 e. The number of rotatable bonds is 5. The molecule has 1 heterocycles. The van der Waals surface area contributed by atoms with Gasteiger partial charge >= 0.3 is 0 Å². The number of hydrogen-bond donors (Lipinski definition) is 1. The summed E-state index contributed by atoms with van der Waals surface area (Å²) in [6.07, 6.45) is 2.96. The van der Waals surface area contributed by atoms with Gasteiger partial charge in [-0.1, -0.05) is 24.3 Å². The SMILES string of the molecule is CCN(c1ccccc1)c1cnc(C(=O)Nc2cccc(F)c2)cn1. The quantitative estimate of drug-likeness (QED) is 0.764. The Morgan fingerprint density at radius 1 is 1.08 bits per heavy atom. The molecule has 0 bridgehead atoms. The molecule has 3 aromatic rings. The van der Waals surface area contributed by atoms with E-state index in [9.17, 15) is 9.18 Å². The molecule has 0 unspecified atom stereocenters. The molecule has 0 aliphatic carbocycles. The molecular formula is C19H17FN4O. The molecule has 0 radical (unpaired) electrons. The molecule has 5 nitrogen and oxygen atoms in total. The zero-order valence-electron chi connectivity index (χ0n) is 13.7. The molecule has 126 valence electrons. The normalized spacial score (nSPS) is 10.3. The second kappa shape index (κ2) is 7.53. The average Bonchev–Trinajstić information content (AvgIpc) is 2.64. The van der Waals surface area contributed by atoms with Crippen molar-refractivity contribution in [2.45, 2.75) is 6.92 Å². The highest BCUT2D eigenvalue weighted by molar-refractivity contribution is 6.02. The fourth-order valence-electron chi connectivity index (χ4n) is 2.42. The van der Waals surface area contributed by atoms with Crippen molar-refractivity contribution < 1.29 is 9.18 Å². The maximum Gasteiger partial charge on any atom is 0.275 e. The molecule has 1 amide bonds. The first-order valence-corrected chi connectivity index (χ1v) is 7.89. The lowest BCUT2D eigenvalue weighted by Gasteiger charge is -2.21. The molecule has 0 atom stereocenters. The first kappa shape index (κ1) is 16.6. The van der Waals surface area contributed by atoms with E-state index in [4.69, 9.17) is 0 Å². The van der Waals surface area contributed by atoms with Crippen LogP contribution in [0, 0.1) is 5.82 Å². The predicted octanol–water partition coefficient (Wildman–Crippen LogP) is 4.03. The van der Waals surface area contributed by atoms with E-state index in [1.54, 1.807) is 12.3 Å². The van der Waals surface area contributed by atoms with Crippen LogP contribution in [0.2, 0.25) is 0 Å². The fraction of sp³-hybridized carbons (Fsp3) is 0.105. The Bertz CT molecular complexity index is 853. The van der Waals surface area contributed by atoms with Gasteiger partial charge in [-0.05, 0) is 37.3 Å². The Kier molecular flexibility index (Phi) is 4.99. The summed E-state index contributed by atoms with van der Waals surface area (Å²) in [6.45, 7) is 2.73. The first-order chi connectivity index (χ1) is 12.2. The lowest BCUT2D eigenvalue weighted by molar-refractivity contribution is 0.102. The van der Waals surface area contributed by atoms with Crippen LogP contribution < -0.4 is 10.2 Å². The number of carbonyl (C=O) groups excluding carboxylic acids is 1. The monoisotopic (exact) mass is 336 g/mol. The van der Waals surface area contributed by atoms with Gasteiger partial charge in [0, 0.05) is 17.9 Å². The van der Waals surface area contributed by atoms with Gasteiger partial charge in [0.25, 0.3) is 5.91 Å². The van der Waals surface area contributed by atoms with Crippen LogP contribution in [0.25, 0.3) is 0 Å². The van der Waals surface area contributed by atoms with Gasteiger partial charge in [-0.3, -0.25) is 4.79 Å². The molecule has 0 aliphatic heterocycles. The number of aromatic nitrogens is 2. The summed E-state index contributed by atoms with van der Waals surface area (Å²) < 4.78 is 13.2. The third-order valence-corrected chi connectivity index (χ3v) is 3.61. The van der Waals surface area contributed by atoms with Gasteiger partial charge in [-0.2, -0.15) is 0 Å². The molecule has 0 fully saturated rings. The van der Waals surface area contributed by atoms with E-state index in [1.807, 2.05) is 42.2 Å². The molecule has 0 spiro atoms. The zero-order chi connectivity index (χ0) is 17.6. The van der Waals surface area contributed by atoms with E-state index >= 15 is 0 Å². The van der Waals surface area contributed by atoms with Crippen molar-refractivity contribution in [3.63, 3.8) is 0 Å². The highest BCUT2D eigenvalue weighted by Crippen LogP contribution is 2.22. The topological polar surface area (TPSA) is 58.1 Å². The number of hydrogen-bond acceptors (Lipinski definition) is 4. The number of anilines is 3. The summed E-state index contributed by atoms with van der Waals surface area (Å²) in [4.78, 5) is 22.7. The standard InChI is InChI=1S/C19H17FN4O/c1-2-24(16-9-4-3-5-10-16)18-13-21-17(12-22-18)19(25)23-15-8-6-7-14(20)11-15/h3-13H,2H2,1H3,(H,23,25). The molecular weight excluding hydrogens is 319 g/mol. The van der Waals surface area contributed by atoms with Crippen LogP contribution in [0.4, 0.5) is 21.6 Å². The van der Waals surface area contributed by atoms with Gasteiger partial charge in [0.2, 0.25) is 0 Å². The Morgan fingerprint density at radius 3 is 2.52 bits per heavy atom. The van der Waals surface area contributed by atoms with Crippen LogP contribution in [-0.2, 0) is 0 Å². The Morgan fingerprint density at radius 2 is 1.88 bits per heavy atom. The maximum atomic E-state index is 13.2. The lowest BCUT2D eigenvalue weighted by atomic mass is 10.3. The number of halogens is 1. The highest BCUT2D eigenvalue weighted by Gasteiger charge is 2.12. The molecule has 6 heteroatoms. The van der Waals surface area contributed by atoms with Gasteiger partial charge in [-0.15, -0.1) is 0 Å². The second-order valence-electron chi connectivity index (χ2n) is 5.30. The molecule has 1 aromatic heterocycles. The van der Waals surface area contributed by atoms with E-state index in [1.165, 1.54) is 24.4 Å². The lowest BCUT2D eigenvalue weighted by Crippen LogP contribution is -2.19. The molecule has 2 aromatic carbocycles. The minimum absolute atomic E-state index is 0.164. The van der Waals surface area contributed by atoms with Crippen molar-refractivity contribution in [2.24, 2.45) is 0 Å². The van der Waals surface area contributed by atoms with Crippen LogP contribution in [0.5, 0.6) is 0 Å². The molecule has 3 rings (SSSR count). The van der Waals surface area contributed by atoms with Gasteiger partial charge in [0.1, 0.15) is 11.5 Å². The van der Waals surface area contributed by atoms with E-state index in [0.717, 1.165) is 5.69 Å². The molecule has 0 saturated carbocycles. The third-order valence-electron chi connectivity index (χ3n) is 3.61. The number of nitrogens with one attached hydrogen (secondary N) is 1. The summed E-state index contributed by atoms with van der Waals surface area (Å²) in [7, 11) is 0. The maximum absolute atomic E-state index is 13.2. The minimum atomic E-state index is -0.438. The number of carbonyl (C=O) groups is 1. The highest BCUT2D eigenvalue weighted by atomic mass is 19.1. The van der Waals surface area contributed by atoms with Crippen LogP contribution in [-0.4, -0.2) is 22.4 Å². The summed E-state index contributed by atoms with van der Waals surface area (Å²) in [5.41, 5.74) is 1.53. The Hall–Kier alpha value is -3.28. The summed E-state index contributed by atoms with van der Waals surface area (Å²) in [5.74, 6) is -0.205. The van der Waals surface area contributed by atoms with Gasteiger partial charge in [0.15, 0.2) is 5.82 Å². The van der Waals surface area contributed by atoms with Crippen molar-refractivity contribution in [3.8, 4) is 0 Å². The zero-order valence-corrected chi connectivity index (χ0v) is 13.7. The first-order valence-electron chi connectivity index (χ1n) is 7.89. The van der Waals surface area contributed by atoms with E-state index in [2.05, 4.69) is 15.3 Å². The fourth-order valence-corrected chi connectivity index (χ4v) is 2.42. The third kappa shape index (κ3) is 3.98. The van der Waals surface area contributed by atoms with Crippen molar-refractivity contribution >= 4 is 23.1 Å². The van der Waals surface area contributed by atoms with Gasteiger partial charge in [0.05, 0.1) is 12.4 Å². The van der Waals surface area contributed by atoms with E-state index in [0.29, 0.717) is 18.1 Å². The van der Waals surface area contributed by atoms with Gasteiger partial charge < -0.3 is 10.2 Å². The van der Waals surface area contributed by atoms with Crippen molar-refractivity contribution in [1.82, 2.24) is 9.97 Å². The summed E-state index contributed by atoms with van der Waals surface area (Å²) in [6, 6.07) is 15.5. The van der Waals surface area contributed by atoms with Crippen molar-refractivity contribution in [2.75, 3.05) is 16.8 Å². The predicted molar refractivity (Wildman–Crippen MR) is 95.5 cm³/mol. The Balaban J connectivity index is 1.76. The van der Waals surface area contributed by atoms with Crippen molar-refractivity contribution in [3.05, 3.63) is 78.5 Å². The van der Waals surface area contributed by atoms with Gasteiger partial charge in [-0.25, -0.2) is 14.4 Å². The number of amides is 1. The molecule has 0 saturated heterocycles. The van der Waals surface area contributed by atoms with Crippen LogP contribution in [0.15, 0.2) is 67.0 Å². The van der Waals surface area contributed by atoms with Crippen LogP contribution >= 0.6 is 0 Å². The average molecular weight is 336 g/mol. The van der Waals surface area contributed by atoms with Crippen molar-refractivity contribution in [1.29, 1.82) is 0 Å². The number of benzene rings is 2. The van der Waals surface area contributed by atoms with E-state index < -0.39 is 11.7 Å². The van der Waals surface area contributed by atoms with E-state index in [-0.39, 0.29) is 5.69 Å². The molecule has 1 N–H and O–H groups in total. The summed E-state index contributed by atoms with van der Waals surface area (Å²) >= 11 is 0. The number of nitrogens with zero attached hydrogens (tertiary/aromatic N) is 3.